The average molecular weight is 315 g/mol. The molecule has 0 nitrogen and oxygen atoms in total. The van der Waals surface area contributed by atoms with E-state index in [-0.39, 0.29) is 0 Å². The van der Waals surface area contributed by atoms with E-state index in [4.69, 9.17) is 12.6 Å². The van der Waals surface area contributed by atoms with Crippen LogP contribution in [0.15, 0.2) is 35.2 Å². The van der Waals surface area contributed by atoms with Crippen LogP contribution in [0.2, 0.25) is 13.3 Å². The molecule has 0 aromatic heterocycles. The SMILES string of the molecule is C[CH2][Sn+]([CH2]C)[CH2]C.[S-]c1ccccc1. The van der Waals surface area contributed by atoms with E-state index >= 15 is 0 Å². The standard InChI is InChI=1S/C6H6S.3C2H5.Sn/c7-6-4-2-1-3-5-6;3*1-2;/h1-5,7H;3*1H2,2H3;/q;;;;+1/p-1. The Morgan fingerprint density at radius 1 is 0.929 bits per heavy atom. The van der Waals surface area contributed by atoms with E-state index in [9.17, 15) is 0 Å². The summed E-state index contributed by atoms with van der Waals surface area (Å²) >= 11 is 4.16. The van der Waals surface area contributed by atoms with Gasteiger partial charge in [0.05, 0.1) is 0 Å². The topological polar surface area (TPSA) is 0 Å². The molecule has 0 radical (unpaired) electrons. The maximum absolute atomic E-state index is 4.81. The van der Waals surface area contributed by atoms with Crippen LogP contribution in [0.3, 0.4) is 0 Å². The fraction of sp³-hybridized carbons (Fsp3) is 0.500. The molecular weight excluding hydrogens is 295 g/mol. The minimum Gasteiger partial charge on any atom is -0.780 e. The van der Waals surface area contributed by atoms with Gasteiger partial charge in [0.25, 0.3) is 0 Å². The molecule has 0 atom stereocenters. The molecule has 1 aromatic rings. The van der Waals surface area contributed by atoms with Gasteiger partial charge in [0.1, 0.15) is 0 Å². The summed E-state index contributed by atoms with van der Waals surface area (Å²) in [6.07, 6.45) is 0. The monoisotopic (exact) mass is 316 g/mol. The van der Waals surface area contributed by atoms with Crippen molar-refractivity contribution in [1.82, 2.24) is 0 Å². The summed E-state index contributed by atoms with van der Waals surface area (Å²) in [6.45, 7) is 7.05. The molecule has 1 aromatic carbocycles. The van der Waals surface area contributed by atoms with Crippen LogP contribution in [0, 0.1) is 0 Å². The summed E-state index contributed by atoms with van der Waals surface area (Å²) in [5.41, 5.74) is 0. The molecule has 0 bridgehead atoms. The zero-order valence-corrected chi connectivity index (χ0v) is 13.1. The quantitative estimate of drug-likeness (QED) is 0.597. The van der Waals surface area contributed by atoms with Crippen LogP contribution in [0.4, 0.5) is 0 Å². The van der Waals surface area contributed by atoms with Crippen LogP contribution < -0.4 is 0 Å². The van der Waals surface area contributed by atoms with Crippen molar-refractivity contribution in [2.75, 3.05) is 0 Å². The van der Waals surface area contributed by atoms with Gasteiger partial charge in [0.2, 0.25) is 0 Å². The van der Waals surface area contributed by atoms with Crippen molar-refractivity contribution in [2.24, 2.45) is 0 Å². The van der Waals surface area contributed by atoms with Crippen LogP contribution in [-0.2, 0) is 12.6 Å². The maximum Gasteiger partial charge on any atom is -0.0624 e. The average Bonchev–Trinajstić information content (AvgIpc) is 2.22. The summed E-state index contributed by atoms with van der Waals surface area (Å²) in [6, 6.07) is 9.62. The van der Waals surface area contributed by atoms with Gasteiger partial charge in [-0.1, -0.05) is 30.3 Å². The van der Waals surface area contributed by atoms with Crippen molar-refractivity contribution in [3.8, 4) is 0 Å². The van der Waals surface area contributed by atoms with Crippen molar-refractivity contribution < 1.29 is 0 Å². The van der Waals surface area contributed by atoms with Crippen LogP contribution in [0.25, 0.3) is 0 Å². The zero-order valence-electron chi connectivity index (χ0n) is 9.42. The van der Waals surface area contributed by atoms with Gasteiger partial charge in [-0.2, -0.15) is 4.90 Å². The van der Waals surface area contributed by atoms with Crippen molar-refractivity contribution >= 4 is 32.4 Å². The van der Waals surface area contributed by atoms with Gasteiger partial charge in [-0.15, -0.1) is 0 Å². The van der Waals surface area contributed by atoms with Crippen molar-refractivity contribution in [3.63, 3.8) is 0 Å². The largest absolute Gasteiger partial charge is 0.780 e. The number of hydrogen-bond donors (Lipinski definition) is 0. The Morgan fingerprint density at radius 3 is 1.50 bits per heavy atom. The third kappa shape index (κ3) is 7.62. The first kappa shape index (κ1) is 14.2. The summed E-state index contributed by atoms with van der Waals surface area (Å²) in [5.74, 6) is 0. The van der Waals surface area contributed by atoms with Crippen molar-refractivity contribution in [3.05, 3.63) is 30.3 Å². The molecule has 2 heteroatoms. The van der Waals surface area contributed by atoms with E-state index in [2.05, 4.69) is 20.8 Å². The molecule has 0 saturated carbocycles. The van der Waals surface area contributed by atoms with E-state index in [0.717, 1.165) is 4.90 Å². The third-order valence-electron chi connectivity index (χ3n) is 2.24. The van der Waals surface area contributed by atoms with E-state index in [1.54, 1.807) is 13.3 Å². The second kappa shape index (κ2) is 9.78. The van der Waals surface area contributed by atoms with E-state index in [0.29, 0.717) is 0 Å². The Bertz CT molecular complexity index is 201. The molecule has 0 heterocycles. The molecule has 0 amide bonds. The molecule has 1 rings (SSSR count). The number of benzene rings is 1. The van der Waals surface area contributed by atoms with E-state index < -0.39 is 19.8 Å². The second-order valence-corrected chi connectivity index (χ2v) is 13.9. The van der Waals surface area contributed by atoms with E-state index in [1.165, 1.54) is 0 Å². The first-order valence-electron chi connectivity index (χ1n) is 5.30. The van der Waals surface area contributed by atoms with Gasteiger partial charge < -0.3 is 12.6 Å². The predicted molar refractivity (Wildman–Crippen MR) is 69.3 cm³/mol. The maximum atomic E-state index is 4.81. The zero-order chi connectivity index (χ0) is 10.8. The van der Waals surface area contributed by atoms with Crippen molar-refractivity contribution in [2.45, 2.75) is 39.0 Å². The van der Waals surface area contributed by atoms with Gasteiger partial charge in [0, 0.05) is 0 Å². The second-order valence-electron chi connectivity index (χ2n) is 3.12. The summed E-state index contributed by atoms with van der Waals surface area (Å²) in [4.78, 5) is 0.905. The Kier molecular flexibility index (Phi) is 9.95. The third-order valence-corrected chi connectivity index (χ3v) is 11.1. The van der Waals surface area contributed by atoms with E-state index in [1.807, 2.05) is 30.3 Å². The van der Waals surface area contributed by atoms with Crippen LogP contribution in [0.1, 0.15) is 20.8 Å². The molecule has 0 fully saturated rings. The Hall–Kier alpha value is 0.239. The Morgan fingerprint density at radius 2 is 1.36 bits per heavy atom. The molecule has 0 unspecified atom stereocenters. The first-order chi connectivity index (χ1) is 6.74. The molecule has 0 spiro atoms. The van der Waals surface area contributed by atoms with Gasteiger partial charge in [0.15, 0.2) is 0 Å². The molecular formula is C12H20SSn. The van der Waals surface area contributed by atoms with Gasteiger partial charge in [-0.3, -0.25) is 0 Å². The Labute approximate surface area is 101 Å². The molecule has 0 N–H and O–H groups in total. The van der Waals surface area contributed by atoms with Gasteiger partial charge in [-0.05, 0) is 0 Å². The number of hydrogen-bond acceptors (Lipinski definition) is 1. The molecule has 0 aliphatic rings. The fourth-order valence-corrected chi connectivity index (χ4v) is 5.61. The molecule has 0 aliphatic heterocycles. The van der Waals surface area contributed by atoms with Crippen molar-refractivity contribution in [1.29, 1.82) is 0 Å². The normalized spacial score (nSPS) is 8.79. The number of rotatable bonds is 3. The molecule has 78 valence electrons. The van der Waals surface area contributed by atoms with Gasteiger partial charge in [-0.25, -0.2) is 0 Å². The smallest absolute Gasteiger partial charge is 0.0624 e. The minimum atomic E-state index is -0.653. The van der Waals surface area contributed by atoms with Crippen LogP contribution >= 0.6 is 0 Å². The first-order valence-corrected chi connectivity index (χ1v) is 11.8. The molecule has 14 heavy (non-hydrogen) atoms. The summed E-state index contributed by atoms with van der Waals surface area (Å²) < 4.78 is 4.65. The Balaban J connectivity index is 0.000000241. The fourth-order valence-electron chi connectivity index (χ4n) is 1.17. The van der Waals surface area contributed by atoms with Crippen LogP contribution in [0.5, 0.6) is 0 Å². The minimum absolute atomic E-state index is 0.653. The molecule has 0 saturated heterocycles. The predicted octanol–water partition coefficient (Wildman–Crippen LogP) is 4.13. The van der Waals surface area contributed by atoms with Gasteiger partial charge >= 0.3 is 53.8 Å². The molecule has 0 aliphatic carbocycles. The van der Waals surface area contributed by atoms with Crippen LogP contribution in [-0.4, -0.2) is 19.8 Å². The summed E-state index contributed by atoms with van der Waals surface area (Å²) in [5, 5.41) is 0. The summed E-state index contributed by atoms with van der Waals surface area (Å²) in [7, 11) is 0.